The largest absolute Gasteiger partial charge is 0.299 e. The second-order valence-electron chi connectivity index (χ2n) is 7.80. The number of nitrogens with zero attached hydrogens (tertiary/aromatic N) is 2. The van der Waals surface area contributed by atoms with Crippen LogP contribution < -0.4 is 0 Å². The SMILES string of the molecule is O=S(=O)(c1ccc(Cl)cc1)C(c1ccncc1)C1CCN(Cc2ccccc2)CC1. The van der Waals surface area contributed by atoms with Crippen LogP contribution in [-0.2, 0) is 16.4 Å². The highest BCUT2D eigenvalue weighted by molar-refractivity contribution is 7.91. The van der Waals surface area contributed by atoms with Gasteiger partial charge in [-0.05, 0) is 79.4 Å². The van der Waals surface area contributed by atoms with Crippen LogP contribution in [-0.4, -0.2) is 31.4 Å². The van der Waals surface area contributed by atoms with Gasteiger partial charge < -0.3 is 0 Å². The topological polar surface area (TPSA) is 50.3 Å². The van der Waals surface area contributed by atoms with Crippen molar-refractivity contribution in [3.8, 4) is 0 Å². The highest BCUT2D eigenvalue weighted by Crippen LogP contribution is 2.40. The quantitative estimate of drug-likeness (QED) is 0.531. The van der Waals surface area contributed by atoms with Crippen molar-refractivity contribution < 1.29 is 8.42 Å². The zero-order valence-electron chi connectivity index (χ0n) is 16.7. The molecular weight excluding hydrogens is 416 g/mol. The van der Waals surface area contributed by atoms with Crippen molar-refractivity contribution in [1.29, 1.82) is 0 Å². The van der Waals surface area contributed by atoms with E-state index < -0.39 is 15.1 Å². The molecule has 0 spiro atoms. The number of sulfone groups is 1. The predicted octanol–water partition coefficient (Wildman–Crippen LogP) is 5.16. The molecule has 1 aromatic heterocycles. The molecule has 3 aromatic rings. The van der Waals surface area contributed by atoms with Crippen LogP contribution in [0, 0.1) is 5.92 Å². The van der Waals surface area contributed by atoms with Gasteiger partial charge in [0.25, 0.3) is 0 Å². The lowest BCUT2D eigenvalue weighted by Crippen LogP contribution is -2.37. The fourth-order valence-electron chi connectivity index (χ4n) is 4.28. The third-order valence-corrected chi connectivity index (χ3v) is 8.33. The number of piperidine rings is 1. The molecule has 1 unspecified atom stereocenters. The molecule has 0 radical (unpaired) electrons. The minimum absolute atomic E-state index is 0.0556. The van der Waals surface area contributed by atoms with Gasteiger partial charge in [-0.3, -0.25) is 9.88 Å². The normalized spacial score (nSPS) is 17.0. The molecule has 0 N–H and O–H groups in total. The molecule has 1 aliphatic rings. The van der Waals surface area contributed by atoms with Gasteiger partial charge in [0.05, 0.1) is 10.1 Å². The minimum atomic E-state index is -3.55. The van der Waals surface area contributed by atoms with Gasteiger partial charge in [-0.1, -0.05) is 41.9 Å². The Morgan fingerprint density at radius 3 is 2.20 bits per heavy atom. The number of hydrogen-bond acceptors (Lipinski definition) is 4. The van der Waals surface area contributed by atoms with Crippen LogP contribution in [0.3, 0.4) is 0 Å². The second kappa shape index (κ2) is 9.29. The molecule has 0 aliphatic carbocycles. The average Bonchev–Trinajstić information content (AvgIpc) is 2.77. The molecule has 2 heterocycles. The fourth-order valence-corrected chi connectivity index (χ4v) is 6.51. The zero-order valence-corrected chi connectivity index (χ0v) is 18.3. The van der Waals surface area contributed by atoms with E-state index in [4.69, 9.17) is 11.6 Å². The molecule has 1 fully saturated rings. The molecule has 6 heteroatoms. The summed E-state index contributed by atoms with van der Waals surface area (Å²) in [6, 6.07) is 20.6. The molecule has 4 rings (SSSR count). The maximum atomic E-state index is 13.6. The number of benzene rings is 2. The first-order chi connectivity index (χ1) is 14.5. The van der Waals surface area contributed by atoms with Gasteiger partial charge in [0.15, 0.2) is 9.84 Å². The number of pyridine rings is 1. The van der Waals surface area contributed by atoms with Crippen LogP contribution in [0.5, 0.6) is 0 Å². The number of hydrogen-bond donors (Lipinski definition) is 0. The van der Waals surface area contributed by atoms with Crippen molar-refractivity contribution in [3.63, 3.8) is 0 Å². The van der Waals surface area contributed by atoms with E-state index in [0.717, 1.165) is 38.0 Å². The summed E-state index contributed by atoms with van der Waals surface area (Å²) in [6.07, 6.45) is 5.02. The maximum absolute atomic E-state index is 13.6. The fraction of sp³-hybridized carbons (Fsp3) is 0.292. The van der Waals surface area contributed by atoms with Crippen molar-refractivity contribution in [2.24, 2.45) is 5.92 Å². The van der Waals surface area contributed by atoms with Gasteiger partial charge >= 0.3 is 0 Å². The van der Waals surface area contributed by atoms with Gasteiger partial charge in [-0.25, -0.2) is 8.42 Å². The lowest BCUT2D eigenvalue weighted by atomic mass is 9.89. The molecule has 1 aliphatic heterocycles. The number of likely N-dealkylation sites (tertiary alicyclic amines) is 1. The van der Waals surface area contributed by atoms with Crippen LogP contribution in [0.25, 0.3) is 0 Å². The van der Waals surface area contributed by atoms with Crippen molar-refractivity contribution in [2.45, 2.75) is 29.5 Å². The second-order valence-corrected chi connectivity index (χ2v) is 10.3. The van der Waals surface area contributed by atoms with Crippen molar-refractivity contribution in [1.82, 2.24) is 9.88 Å². The van der Waals surface area contributed by atoms with Crippen LogP contribution in [0.15, 0.2) is 84.0 Å². The van der Waals surface area contributed by atoms with Crippen LogP contribution in [0.1, 0.15) is 29.2 Å². The number of rotatable bonds is 6. The third kappa shape index (κ3) is 4.75. The summed E-state index contributed by atoms with van der Waals surface area (Å²) in [6.45, 7) is 2.67. The Labute approximate surface area is 183 Å². The molecule has 30 heavy (non-hydrogen) atoms. The Balaban J connectivity index is 1.56. The first-order valence-corrected chi connectivity index (χ1v) is 12.1. The Bertz CT molecular complexity index is 1050. The maximum Gasteiger partial charge on any atom is 0.185 e. The molecule has 4 nitrogen and oxygen atoms in total. The monoisotopic (exact) mass is 440 g/mol. The zero-order chi connectivity index (χ0) is 21.0. The minimum Gasteiger partial charge on any atom is -0.299 e. The molecule has 0 amide bonds. The van der Waals surface area contributed by atoms with E-state index >= 15 is 0 Å². The van der Waals surface area contributed by atoms with Gasteiger partial charge in [-0.15, -0.1) is 0 Å². The van der Waals surface area contributed by atoms with Gasteiger partial charge in [-0.2, -0.15) is 0 Å². The molecule has 0 bridgehead atoms. The van der Waals surface area contributed by atoms with Gasteiger partial charge in [0, 0.05) is 24.0 Å². The van der Waals surface area contributed by atoms with E-state index in [2.05, 4.69) is 34.1 Å². The van der Waals surface area contributed by atoms with Crippen molar-refractivity contribution in [2.75, 3.05) is 13.1 Å². The predicted molar refractivity (Wildman–Crippen MR) is 120 cm³/mol. The van der Waals surface area contributed by atoms with Crippen molar-refractivity contribution in [3.05, 3.63) is 95.3 Å². The lowest BCUT2D eigenvalue weighted by Gasteiger charge is -2.36. The van der Waals surface area contributed by atoms with E-state index in [1.165, 1.54) is 5.56 Å². The lowest BCUT2D eigenvalue weighted by molar-refractivity contribution is 0.174. The number of aromatic nitrogens is 1. The molecule has 156 valence electrons. The molecule has 1 atom stereocenters. The standard InChI is InChI=1S/C24H25ClN2O2S/c25-22-6-8-23(9-7-22)30(28,29)24(20-10-14-26-15-11-20)21-12-16-27(17-13-21)18-19-4-2-1-3-5-19/h1-11,14-15,21,24H,12-13,16-18H2. The Morgan fingerprint density at radius 2 is 1.57 bits per heavy atom. The van der Waals surface area contributed by atoms with Crippen LogP contribution in [0.4, 0.5) is 0 Å². The van der Waals surface area contributed by atoms with Crippen LogP contribution >= 0.6 is 11.6 Å². The van der Waals surface area contributed by atoms with Gasteiger partial charge in [0.1, 0.15) is 0 Å². The summed E-state index contributed by atoms with van der Waals surface area (Å²) in [4.78, 5) is 6.80. The van der Waals surface area contributed by atoms with Crippen molar-refractivity contribution >= 4 is 21.4 Å². The summed E-state index contributed by atoms with van der Waals surface area (Å²) in [5.74, 6) is 0.0556. The van der Waals surface area contributed by atoms with E-state index in [9.17, 15) is 8.42 Å². The van der Waals surface area contributed by atoms with E-state index in [-0.39, 0.29) is 5.92 Å². The summed E-state index contributed by atoms with van der Waals surface area (Å²) >= 11 is 5.98. The summed E-state index contributed by atoms with van der Waals surface area (Å²) in [7, 11) is -3.55. The molecule has 1 saturated heterocycles. The number of halogens is 1. The summed E-state index contributed by atoms with van der Waals surface area (Å²) < 4.78 is 27.3. The first-order valence-electron chi connectivity index (χ1n) is 10.2. The molecular formula is C24H25ClN2O2S. The smallest absolute Gasteiger partial charge is 0.185 e. The Kier molecular flexibility index (Phi) is 6.52. The molecule has 2 aromatic carbocycles. The van der Waals surface area contributed by atoms with E-state index in [1.54, 1.807) is 36.7 Å². The molecule has 0 saturated carbocycles. The van der Waals surface area contributed by atoms with Crippen LogP contribution in [0.2, 0.25) is 5.02 Å². The summed E-state index contributed by atoms with van der Waals surface area (Å²) in [5, 5.41) is -0.0517. The van der Waals surface area contributed by atoms with E-state index in [0.29, 0.717) is 9.92 Å². The Morgan fingerprint density at radius 1 is 0.933 bits per heavy atom. The Hall–Kier alpha value is -2.21. The summed E-state index contributed by atoms with van der Waals surface area (Å²) in [5.41, 5.74) is 2.09. The highest BCUT2D eigenvalue weighted by atomic mass is 35.5. The van der Waals surface area contributed by atoms with Gasteiger partial charge in [0.2, 0.25) is 0 Å². The third-order valence-electron chi connectivity index (χ3n) is 5.82. The first kappa shape index (κ1) is 21.0. The highest BCUT2D eigenvalue weighted by Gasteiger charge is 2.37. The van der Waals surface area contributed by atoms with E-state index in [1.807, 2.05) is 18.2 Å². The average molecular weight is 441 g/mol.